The highest BCUT2D eigenvalue weighted by molar-refractivity contribution is 6.33. The Kier molecular flexibility index (Phi) is 6.17. The predicted molar refractivity (Wildman–Crippen MR) is 143 cm³/mol. The van der Waals surface area contributed by atoms with E-state index in [0.717, 1.165) is 22.3 Å². The van der Waals surface area contributed by atoms with E-state index in [4.69, 9.17) is 0 Å². The van der Waals surface area contributed by atoms with E-state index < -0.39 is 5.91 Å². The zero-order chi connectivity index (χ0) is 25.2. The minimum Gasteiger partial charge on any atom is -0.321 e. The summed E-state index contributed by atoms with van der Waals surface area (Å²) in [6.45, 7) is 3.89. The molecule has 2 aliphatic carbocycles. The van der Waals surface area contributed by atoms with Gasteiger partial charge in [0.15, 0.2) is 11.6 Å². The maximum atomic E-state index is 13.7. The van der Waals surface area contributed by atoms with Crippen molar-refractivity contribution in [1.82, 2.24) is 0 Å². The van der Waals surface area contributed by atoms with E-state index in [-0.39, 0.29) is 23.1 Å². The second-order valence-electron chi connectivity index (χ2n) is 9.08. The number of anilines is 1. The van der Waals surface area contributed by atoms with Crippen LogP contribution in [0.4, 0.5) is 5.69 Å². The molecule has 0 spiro atoms. The van der Waals surface area contributed by atoms with Crippen LogP contribution < -0.4 is 5.32 Å². The first kappa shape index (κ1) is 23.2. The Labute approximate surface area is 210 Å². The summed E-state index contributed by atoms with van der Waals surface area (Å²) in [6, 6.07) is 23.8. The maximum absolute atomic E-state index is 13.7. The molecule has 0 saturated carbocycles. The van der Waals surface area contributed by atoms with Crippen LogP contribution in [-0.4, -0.2) is 17.5 Å². The smallest absolute Gasteiger partial charge is 0.259 e. The summed E-state index contributed by atoms with van der Waals surface area (Å²) in [5, 5.41) is 2.89. The standard InChI is InChI=1S/C32H25NO3/c1-20-13-15-24-19-28(34)30(29(25(24)17-20)22-9-5-3-6-10-22)32(36)33-27-16-14-21(2)18-26(27)31(35)23-11-7-4-8-12-23/h3-19,25H,1-2H3,(H,33,36). The minimum atomic E-state index is -0.527. The van der Waals surface area contributed by atoms with E-state index in [1.165, 1.54) is 6.08 Å². The van der Waals surface area contributed by atoms with Crippen molar-refractivity contribution in [2.24, 2.45) is 5.92 Å². The molecule has 0 fully saturated rings. The van der Waals surface area contributed by atoms with E-state index >= 15 is 0 Å². The molecule has 5 rings (SSSR count). The number of aryl methyl sites for hydroxylation is 1. The van der Waals surface area contributed by atoms with Gasteiger partial charge >= 0.3 is 0 Å². The van der Waals surface area contributed by atoms with Gasteiger partial charge < -0.3 is 5.32 Å². The molecule has 176 valence electrons. The molecule has 0 radical (unpaired) electrons. The fraction of sp³-hybridized carbons (Fsp3) is 0.0938. The van der Waals surface area contributed by atoms with Gasteiger partial charge in [-0.3, -0.25) is 14.4 Å². The van der Waals surface area contributed by atoms with Crippen molar-refractivity contribution < 1.29 is 14.4 Å². The zero-order valence-corrected chi connectivity index (χ0v) is 20.1. The first-order chi connectivity index (χ1) is 17.4. The molecule has 1 N–H and O–H groups in total. The Hall–Kier alpha value is -4.57. The zero-order valence-electron chi connectivity index (χ0n) is 20.1. The molecule has 0 aliphatic heterocycles. The summed E-state index contributed by atoms with van der Waals surface area (Å²) < 4.78 is 0. The third-order valence-corrected chi connectivity index (χ3v) is 6.47. The SMILES string of the molecule is CC1=CC2C(=CC(=O)C(C(=O)Nc3ccc(C)cc3C(=O)c3ccccc3)=C2c2ccccc2)C=C1. The average molecular weight is 472 g/mol. The monoisotopic (exact) mass is 471 g/mol. The third-order valence-electron chi connectivity index (χ3n) is 6.47. The van der Waals surface area contributed by atoms with Crippen LogP contribution in [0.1, 0.15) is 34.0 Å². The van der Waals surface area contributed by atoms with Gasteiger partial charge in [-0.25, -0.2) is 0 Å². The van der Waals surface area contributed by atoms with Gasteiger partial charge in [0.05, 0.1) is 11.3 Å². The Bertz CT molecular complexity index is 1510. The average Bonchev–Trinajstić information content (AvgIpc) is 2.89. The van der Waals surface area contributed by atoms with Crippen molar-refractivity contribution >= 4 is 28.7 Å². The molecule has 0 aromatic heterocycles. The topological polar surface area (TPSA) is 63.2 Å². The van der Waals surface area contributed by atoms with Crippen LogP contribution in [0.3, 0.4) is 0 Å². The number of rotatable bonds is 5. The molecule has 0 heterocycles. The number of hydrogen-bond acceptors (Lipinski definition) is 3. The summed E-state index contributed by atoms with van der Waals surface area (Å²) in [4.78, 5) is 40.4. The summed E-state index contributed by atoms with van der Waals surface area (Å²) in [5.41, 5.74) is 5.67. The van der Waals surface area contributed by atoms with Gasteiger partial charge in [0, 0.05) is 17.0 Å². The molecule has 1 unspecified atom stereocenters. The van der Waals surface area contributed by atoms with Gasteiger partial charge in [-0.15, -0.1) is 0 Å². The molecule has 3 aromatic rings. The molecule has 1 amide bonds. The summed E-state index contributed by atoms with van der Waals surface area (Å²) in [5.74, 6) is -1.28. The van der Waals surface area contributed by atoms with Gasteiger partial charge in [0.2, 0.25) is 0 Å². The number of ketones is 2. The van der Waals surface area contributed by atoms with Crippen LogP contribution in [0, 0.1) is 12.8 Å². The van der Waals surface area contributed by atoms with Gasteiger partial charge in [-0.2, -0.15) is 0 Å². The predicted octanol–water partition coefficient (Wildman–Crippen LogP) is 6.26. The second kappa shape index (κ2) is 9.59. The van der Waals surface area contributed by atoms with E-state index in [2.05, 4.69) is 11.4 Å². The van der Waals surface area contributed by atoms with Crippen LogP contribution in [0.25, 0.3) is 5.57 Å². The van der Waals surface area contributed by atoms with Gasteiger partial charge in [-0.1, -0.05) is 96.1 Å². The van der Waals surface area contributed by atoms with E-state index in [1.54, 1.807) is 36.4 Å². The number of fused-ring (bicyclic) bond motifs is 1. The number of benzene rings is 3. The first-order valence-electron chi connectivity index (χ1n) is 11.9. The second-order valence-corrected chi connectivity index (χ2v) is 9.08. The number of nitrogens with one attached hydrogen (secondary N) is 1. The number of carbonyl (C=O) groups excluding carboxylic acids is 3. The normalized spacial score (nSPS) is 16.7. The van der Waals surface area contributed by atoms with Crippen LogP contribution in [0.2, 0.25) is 0 Å². The molecule has 0 saturated heterocycles. The fourth-order valence-electron chi connectivity index (χ4n) is 4.71. The number of amides is 1. The Morgan fingerprint density at radius 2 is 1.53 bits per heavy atom. The Morgan fingerprint density at radius 1 is 0.833 bits per heavy atom. The lowest BCUT2D eigenvalue weighted by Gasteiger charge is -2.28. The van der Waals surface area contributed by atoms with Gasteiger partial charge in [-0.05, 0) is 48.8 Å². The van der Waals surface area contributed by atoms with Crippen molar-refractivity contribution in [3.63, 3.8) is 0 Å². The van der Waals surface area contributed by atoms with Crippen molar-refractivity contribution in [3.05, 3.63) is 142 Å². The molecular weight excluding hydrogens is 446 g/mol. The number of hydrogen-bond donors (Lipinski definition) is 1. The number of allylic oxidation sites excluding steroid dienone is 7. The van der Waals surface area contributed by atoms with Crippen LogP contribution in [0.15, 0.2) is 120 Å². The molecule has 36 heavy (non-hydrogen) atoms. The lowest BCUT2D eigenvalue weighted by Crippen LogP contribution is -2.27. The molecule has 1 atom stereocenters. The van der Waals surface area contributed by atoms with Crippen LogP contribution in [0.5, 0.6) is 0 Å². The van der Waals surface area contributed by atoms with Crippen molar-refractivity contribution in [1.29, 1.82) is 0 Å². The molecular formula is C32H25NO3. The van der Waals surface area contributed by atoms with Gasteiger partial charge in [0.25, 0.3) is 5.91 Å². The van der Waals surface area contributed by atoms with Crippen molar-refractivity contribution in [3.8, 4) is 0 Å². The minimum absolute atomic E-state index is 0.0907. The summed E-state index contributed by atoms with van der Waals surface area (Å²) in [7, 11) is 0. The molecule has 0 bridgehead atoms. The van der Waals surface area contributed by atoms with E-state index in [1.807, 2.05) is 68.5 Å². The van der Waals surface area contributed by atoms with E-state index in [9.17, 15) is 14.4 Å². The fourth-order valence-corrected chi connectivity index (χ4v) is 4.71. The lowest BCUT2D eigenvalue weighted by molar-refractivity contribution is -0.117. The first-order valence-corrected chi connectivity index (χ1v) is 11.9. The highest BCUT2D eigenvalue weighted by Crippen LogP contribution is 2.40. The highest BCUT2D eigenvalue weighted by Gasteiger charge is 2.34. The molecule has 2 aliphatic rings. The Morgan fingerprint density at radius 3 is 2.25 bits per heavy atom. The van der Waals surface area contributed by atoms with E-state index in [0.29, 0.717) is 22.4 Å². The van der Waals surface area contributed by atoms with Crippen molar-refractivity contribution in [2.75, 3.05) is 5.32 Å². The highest BCUT2D eigenvalue weighted by atomic mass is 16.2. The quantitative estimate of drug-likeness (QED) is 0.353. The molecule has 4 nitrogen and oxygen atoms in total. The maximum Gasteiger partial charge on any atom is 0.259 e. The molecule has 3 aromatic carbocycles. The van der Waals surface area contributed by atoms with Gasteiger partial charge in [0.1, 0.15) is 0 Å². The Balaban J connectivity index is 1.59. The third kappa shape index (κ3) is 4.41. The molecule has 4 heteroatoms. The van der Waals surface area contributed by atoms with Crippen LogP contribution in [-0.2, 0) is 9.59 Å². The largest absolute Gasteiger partial charge is 0.321 e. The lowest BCUT2D eigenvalue weighted by atomic mass is 9.75. The number of carbonyl (C=O) groups is 3. The summed E-state index contributed by atoms with van der Waals surface area (Å²) in [6.07, 6.45) is 7.52. The van der Waals surface area contributed by atoms with Crippen molar-refractivity contribution in [2.45, 2.75) is 13.8 Å². The summed E-state index contributed by atoms with van der Waals surface area (Å²) >= 11 is 0. The van der Waals surface area contributed by atoms with Crippen LogP contribution >= 0.6 is 0 Å².